The molecule has 0 fully saturated rings. The summed E-state index contributed by atoms with van der Waals surface area (Å²) >= 11 is 0. The second kappa shape index (κ2) is 5.78. The molecule has 2 rings (SSSR count). The van der Waals surface area contributed by atoms with Crippen LogP contribution in [0, 0.1) is 12.8 Å². The molecule has 2 aromatic rings. The van der Waals surface area contributed by atoms with Gasteiger partial charge in [0, 0.05) is 12.1 Å². The van der Waals surface area contributed by atoms with Crippen molar-refractivity contribution in [3.05, 3.63) is 42.0 Å². The zero-order chi connectivity index (χ0) is 13.0. The molecule has 4 heteroatoms. The van der Waals surface area contributed by atoms with Gasteiger partial charge in [0.15, 0.2) is 0 Å². The Kier molecular flexibility index (Phi) is 4.10. The van der Waals surface area contributed by atoms with Gasteiger partial charge in [-0.1, -0.05) is 25.1 Å². The lowest BCUT2D eigenvalue weighted by molar-refractivity contribution is 0.533. The molecule has 0 bridgehead atoms. The number of benzene rings is 1. The topological polar surface area (TPSA) is 56.7 Å². The molecule has 1 atom stereocenters. The molecule has 1 heterocycles. The van der Waals surface area contributed by atoms with Gasteiger partial charge in [-0.2, -0.15) is 0 Å². The van der Waals surface area contributed by atoms with Crippen LogP contribution in [0.3, 0.4) is 0 Å². The van der Waals surface area contributed by atoms with Crippen molar-refractivity contribution in [3.8, 4) is 5.69 Å². The van der Waals surface area contributed by atoms with Crippen molar-refractivity contribution in [2.24, 2.45) is 11.7 Å². The lowest BCUT2D eigenvalue weighted by Gasteiger charge is -2.10. The fourth-order valence-electron chi connectivity index (χ4n) is 1.97. The van der Waals surface area contributed by atoms with Crippen LogP contribution in [0.2, 0.25) is 0 Å². The normalized spacial score (nSPS) is 12.6. The molecule has 0 aliphatic heterocycles. The van der Waals surface area contributed by atoms with Gasteiger partial charge in [0.2, 0.25) is 0 Å². The highest BCUT2D eigenvalue weighted by molar-refractivity contribution is 5.33. The highest BCUT2D eigenvalue weighted by Crippen LogP contribution is 2.15. The summed E-state index contributed by atoms with van der Waals surface area (Å²) < 4.78 is 2.11. The summed E-state index contributed by atoms with van der Waals surface area (Å²) in [5.74, 6) is 2.46. The van der Waals surface area contributed by atoms with E-state index in [1.807, 2.05) is 25.1 Å². The Morgan fingerprint density at radius 1 is 1.22 bits per heavy atom. The maximum Gasteiger partial charge on any atom is 0.137 e. The third kappa shape index (κ3) is 2.76. The molecule has 0 saturated carbocycles. The van der Waals surface area contributed by atoms with E-state index in [2.05, 4.69) is 33.8 Å². The van der Waals surface area contributed by atoms with Gasteiger partial charge in [-0.3, -0.25) is 4.57 Å². The van der Waals surface area contributed by atoms with Crippen LogP contribution in [-0.2, 0) is 6.42 Å². The molecule has 0 saturated heterocycles. The average molecular weight is 244 g/mol. The Morgan fingerprint density at radius 2 is 1.94 bits per heavy atom. The van der Waals surface area contributed by atoms with E-state index in [0.717, 1.165) is 36.7 Å². The largest absolute Gasteiger partial charge is 0.330 e. The van der Waals surface area contributed by atoms with Crippen LogP contribution >= 0.6 is 0 Å². The van der Waals surface area contributed by atoms with E-state index in [1.54, 1.807) is 0 Å². The van der Waals surface area contributed by atoms with E-state index in [4.69, 9.17) is 5.73 Å². The smallest absolute Gasteiger partial charge is 0.137 e. The van der Waals surface area contributed by atoms with Gasteiger partial charge in [-0.25, -0.2) is 0 Å². The molecule has 0 spiro atoms. The number of nitrogens with two attached hydrogens (primary N) is 1. The van der Waals surface area contributed by atoms with Crippen LogP contribution in [0.15, 0.2) is 30.3 Å². The lowest BCUT2D eigenvalue weighted by Crippen LogP contribution is -2.13. The number of nitrogens with zero attached hydrogens (tertiary/aromatic N) is 3. The summed E-state index contributed by atoms with van der Waals surface area (Å²) in [6.07, 6.45) is 1.95. The Bertz CT molecular complexity index is 490. The minimum absolute atomic E-state index is 0.520. The lowest BCUT2D eigenvalue weighted by atomic mass is 10.1. The van der Waals surface area contributed by atoms with Gasteiger partial charge in [-0.15, -0.1) is 10.2 Å². The summed E-state index contributed by atoms with van der Waals surface area (Å²) in [7, 11) is 0. The Labute approximate surface area is 108 Å². The van der Waals surface area contributed by atoms with E-state index in [0.29, 0.717) is 5.92 Å². The second-order valence-corrected chi connectivity index (χ2v) is 4.71. The van der Waals surface area contributed by atoms with Gasteiger partial charge in [0.05, 0.1) is 0 Å². The quantitative estimate of drug-likeness (QED) is 0.876. The maximum atomic E-state index is 5.65. The fraction of sp³-hybridized carbons (Fsp3) is 0.429. The first kappa shape index (κ1) is 12.8. The van der Waals surface area contributed by atoms with Crippen molar-refractivity contribution in [1.29, 1.82) is 0 Å². The van der Waals surface area contributed by atoms with Crippen LogP contribution in [0.25, 0.3) is 5.69 Å². The Hall–Kier alpha value is -1.68. The Morgan fingerprint density at radius 3 is 2.61 bits per heavy atom. The summed E-state index contributed by atoms with van der Waals surface area (Å²) in [4.78, 5) is 0. The molecular formula is C14H20N4. The predicted molar refractivity (Wildman–Crippen MR) is 72.6 cm³/mol. The van der Waals surface area contributed by atoms with E-state index in [-0.39, 0.29) is 0 Å². The predicted octanol–water partition coefficient (Wildman–Crippen LogP) is 2.10. The first-order chi connectivity index (χ1) is 8.72. The zero-order valence-corrected chi connectivity index (χ0v) is 11.0. The molecule has 4 nitrogen and oxygen atoms in total. The summed E-state index contributed by atoms with van der Waals surface area (Å²) in [6, 6.07) is 10.2. The SMILES string of the molecule is Cc1nnc(CCC(C)CN)n1-c1ccccc1. The van der Waals surface area contributed by atoms with Crippen LogP contribution in [-0.4, -0.2) is 21.3 Å². The van der Waals surface area contributed by atoms with Crippen molar-refractivity contribution in [2.75, 3.05) is 6.54 Å². The summed E-state index contributed by atoms with van der Waals surface area (Å²) in [6.45, 7) is 4.87. The summed E-state index contributed by atoms with van der Waals surface area (Å²) in [5.41, 5.74) is 6.77. The molecule has 0 aliphatic carbocycles. The average Bonchev–Trinajstić information content (AvgIpc) is 2.78. The monoisotopic (exact) mass is 244 g/mol. The molecule has 1 unspecified atom stereocenters. The highest BCUT2D eigenvalue weighted by atomic mass is 15.3. The van der Waals surface area contributed by atoms with Crippen LogP contribution < -0.4 is 5.73 Å². The summed E-state index contributed by atoms with van der Waals surface area (Å²) in [5, 5.41) is 8.45. The number of para-hydroxylation sites is 1. The maximum absolute atomic E-state index is 5.65. The molecular weight excluding hydrogens is 224 g/mol. The third-order valence-electron chi connectivity index (χ3n) is 3.17. The van der Waals surface area contributed by atoms with Crippen LogP contribution in [0.5, 0.6) is 0 Å². The molecule has 0 aliphatic rings. The third-order valence-corrected chi connectivity index (χ3v) is 3.17. The van der Waals surface area contributed by atoms with Gasteiger partial charge in [0.25, 0.3) is 0 Å². The van der Waals surface area contributed by atoms with Crippen molar-refractivity contribution in [2.45, 2.75) is 26.7 Å². The minimum atomic E-state index is 0.520. The number of aryl methyl sites for hydroxylation is 2. The molecule has 1 aromatic carbocycles. The van der Waals surface area contributed by atoms with Crippen molar-refractivity contribution >= 4 is 0 Å². The number of hydrogen-bond donors (Lipinski definition) is 1. The van der Waals surface area contributed by atoms with Crippen molar-refractivity contribution < 1.29 is 0 Å². The first-order valence-corrected chi connectivity index (χ1v) is 6.38. The van der Waals surface area contributed by atoms with E-state index in [9.17, 15) is 0 Å². The van der Waals surface area contributed by atoms with E-state index >= 15 is 0 Å². The van der Waals surface area contributed by atoms with Crippen molar-refractivity contribution in [3.63, 3.8) is 0 Å². The van der Waals surface area contributed by atoms with Crippen LogP contribution in [0.1, 0.15) is 25.0 Å². The molecule has 2 N–H and O–H groups in total. The van der Waals surface area contributed by atoms with Gasteiger partial charge in [-0.05, 0) is 37.9 Å². The zero-order valence-electron chi connectivity index (χ0n) is 11.0. The molecule has 0 amide bonds. The molecule has 18 heavy (non-hydrogen) atoms. The van der Waals surface area contributed by atoms with Crippen LogP contribution in [0.4, 0.5) is 0 Å². The first-order valence-electron chi connectivity index (χ1n) is 6.38. The van der Waals surface area contributed by atoms with E-state index < -0.39 is 0 Å². The highest BCUT2D eigenvalue weighted by Gasteiger charge is 2.11. The number of hydrogen-bond acceptors (Lipinski definition) is 3. The fourth-order valence-corrected chi connectivity index (χ4v) is 1.97. The van der Waals surface area contributed by atoms with Gasteiger partial charge in [0.1, 0.15) is 11.6 Å². The molecule has 0 radical (unpaired) electrons. The van der Waals surface area contributed by atoms with E-state index in [1.165, 1.54) is 0 Å². The number of rotatable bonds is 5. The molecule has 1 aromatic heterocycles. The number of aromatic nitrogens is 3. The Balaban J connectivity index is 2.23. The van der Waals surface area contributed by atoms with Gasteiger partial charge < -0.3 is 5.73 Å². The molecule has 96 valence electrons. The second-order valence-electron chi connectivity index (χ2n) is 4.71. The minimum Gasteiger partial charge on any atom is -0.330 e. The standard InChI is InChI=1S/C14H20N4/c1-11(10-15)8-9-14-17-16-12(2)18(14)13-6-4-3-5-7-13/h3-7,11H,8-10,15H2,1-2H3. The van der Waals surface area contributed by atoms with Crippen molar-refractivity contribution in [1.82, 2.24) is 14.8 Å². The van der Waals surface area contributed by atoms with Gasteiger partial charge >= 0.3 is 0 Å².